The number of benzene rings is 2. The summed E-state index contributed by atoms with van der Waals surface area (Å²) in [7, 11) is 0. The maximum atomic E-state index is 12.4. The van der Waals surface area contributed by atoms with Crippen LogP contribution in [0.4, 0.5) is 5.95 Å². The Labute approximate surface area is 164 Å². The fourth-order valence-electron chi connectivity index (χ4n) is 3.16. The first-order chi connectivity index (χ1) is 13.4. The SMILES string of the molecule is Cc1ccc(C(=O)NC2CC2)cc1-c1cc2cnc(NC(C)C)nc2cc1O. The van der Waals surface area contributed by atoms with Gasteiger partial charge < -0.3 is 15.7 Å². The molecule has 1 aromatic heterocycles. The average molecular weight is 376 g/mol. The number of aryl methyl sites for hydroxylation is 1. The van der Waals surface area contributed by atoms with Gasteiger partial charge in [-0.05, 0) is 62.9 Å². The van der Waals surface area contributed by atoms with Crippen LogP contribution in [0.5, 0.6) is 5.75 Å². The van der Waals surface area contributed by atoms with Gasteiger partial charge in [-0.2, -0.15) is 0 Å². The summed E-state index contributed by atoms with van der Waals surface area (Å²) in [6.07, 6.45) is 3.84. The van der Waals surface area contributed by atoms with Crippen LogP contribution in [-0.2, 0) is 0 Å². The molecule has 1 saturated carbocycles. The molecule has 6 heteroatoms. The zero-order valence-electron chi connectivity index (χ0n) is 16.3. The largest absolute Gasteiger partial charge is 0.507 e. The Balaban J connectivity index is 1.73. The molecule has 2 aromatic carbocycles. The lowest BCUT2D eigenvalue weighted by molar-refractivity contribution is 0.0951. The second-order valence-corrected chi connectivity index (χ2v) is 7.70. The molecule has 6 nitrogen and oxygen atoms in total. The first-order valence-corrected chi connectivity index (χ1v) is 9.59. The number of aromatic hydroxyl groups is 1. The van der Waals surface area contributed by atoms with E-state index >= 15 is 0 Å². The third kappa shape index (κ3) is 3.76. The molecule has 1 heterocycles. The molecule has 1 aliphatic carbocycles. The summed E-state index contributed by atoms with van der Waals surface area (Å²) in [6.45, 7) is 6.00. The molecule has 1 amide bonds. The monoisotopic (exact) mass is 376 g/mol. The zero-order chi connectivity index (χ0) is 19.8. The minimum atomic E-state index is -0.0724. The number of hydrogen-bond acceptors (Lipinski definition) is 5. The van der Waals surface area contributed by atoms with Crippen molar-refractivity contribution in [3.05, 3.63) is 47.7 Å². The van der Waals surface area contributed by atoms with Crippen LogP contribution >= 0.6 is 0 Å². The number of anilines is 1. The van der Waals surface area contributed by atoms with Gasteiger partial charge in [0.1, 0.15) is 5.75 Å². The van der Waals surface area contributed by atoms with Crippen LogP contribution in [0.15, 0.2) is 36.5 Å². The topological polar surface area (TPSA) is 87.1 Å². The molecule has 0 bridgehead atoms. The fraction of sp³-hybridized carbons (Fsp3) is 0.318. The Morgan fingerprint density at radius 3 is 2.68 bits per heavy atom. The number of nitrogens with one attached hydrogen (secondary N) is 2. The normalized spacial score (nSPS) is 13.7. The molecule has 3 N–H and O–H groups in total. The molecule has 0 radical (unpaired) electrons. The van der Waals surface area contributed by atoms with Gasteiger partial charge in [0.05, 0.1) is 5.52 Å². The van der Waals surface area contributed by atoms with E-state index in [-0.39, 0.29) is 17.7 Å². The van der Waals surface area contributed by atoms with Gasteiger partial charge in [0.2, 0.25) is 5.95 Å². The van der Waals surface area contributed by atoms with Gasteiger partial charge in [-0.3, -0.25) is 4.79 Å². The molecule has 3 aromatic rings. The van der Waals surface area contributed by atoms with E-state index in [0.29, 0.717) is 28.6 Å². The lowest BCUT2D eigenvalue weighted by Crippen LogP contribution is -2.25. The van der Waals surface area contributed by atoms with E-state index in [0.717, 1.165) is 29.4 Å². The first-order valence-electron chi connectivity index (χ1n) is 9.59. The summed E-state index contributed by atoms with van der Waals surface area (Å²) in [4.78, 5) is 21.2. The van der Waals surface area contributed by atoms with Crippen LogP contribution in [0.25, 0.3) is 22.0 Å². The van der Waals surface area contributed by atoms with Gasteiger partial charge in [0, 0.05) is 40.9 Å². The minimum absolute atomic E-state index is 0.0724. The summed E-state index contributed by atoms with van der Waals surface area (Å²) < 4.78 is 0. The number of rotatable bonds is 5. The van der Waals surface area contributed by atoms with Crippen LogP contribution in [-0.4, -0.2) is 33.1 Å². The summed E-state index contributed by atoms with van der Waals surface area (Å²) >= 11 is 0. The second kappa shape index (κ2) is 7.11. The highest BCUT2D eigenvalue weighted by molar-refractivity contribution is 5.97. The number of carbonyl (C=O) groups is 1. The molecule has 144 valence electrons. The number of carbonyl (C=O) groups excluding carboxylic acids is 1. The summed E-state index contributed by atoms with van der Waals surface area (Å²) in [5.41, 5.74) is 3.74. The van der Waals surface area contributed by atoms with E-state index in [2.05, 4.69) is 20.6 Å². The van der Waals surface area contributed by atoms with Crippen LogP contribution < -0.4 is 10.6 Å². The van der Waals surface area contributed by atoms with E-state index in [1.165, 1.54) is 0 Å². The van der Waals surface area contributed by atoms with Gasteiger partial charge in [0.25, 0.3) is 5.91 Å². The molecule has 0 aliphatic heterocycles. The molecule has 0 spiro atoms. The first kappa shape index (κ1) is 18.2. The van der Waals surface area contributed by atoms with E-state index in [4.69, 9.17) is 0 Å². The molecule has 4 rings (SSSR count). The highest BCUT2D eigenvalue weighted by atomic mass is 16.3. The Kier molecular flexibility index (Phi) is 4.63. The molecule has 0 saturated heterocycles. The molecule has 28 heavy (non-hydrogen) atoms. The number of aromatic nitrogens is 2. The average Bonchev–Trinajstić information content (AvgIpc) is 3.45. The third-order valence-corrected chi connectivity index (χ3v) is 4.82. The number of nitrogens with zero attached hydrogens (tertiary/aromatic N) is 2. The fourth-order valence-corrected chi connectivity index (χ4v) is 3.16. The van der Waals surface area contributed by atoms with Crippen molar-refractivity contribution < 1.29 is 9.90 Å². The van der Waals surface area contributed by atoms with Crippen LogP contribution in [0.2, 0.25) is 0 Å². The van der Waals surface area contributed by atoms with Crippen LogP contribution in [0, 0.1) is 6.92 Å². The summed E-state index contributed by atoms with van der Waals surface area (Å²) in [6, 6.07) is 9.61. The van der Waals surface area contributed by atoms with E-state index in [9.17, 15) is 9.90 Å². The highest BCUT2D eigenvalue weighted by Crippen LogP contribution is 2.35. The molecular weight excluding hydrogens is 352 g/mol. The number of fused-ring (bicyclic) bond motifs is 1. The molecule has 1 aliphatic rings. The van der Waals surface area contributed by atoms with Crippen molar-refractivity contribution in [2.75, 3.05) is 5.32 Å². The van der Waals surface area contributed by atoms with Gasteiger partial charge in [-0.1, -0.05) is 6.07 Å². The Morgan fingerprint density at radius 2 is 1.96 bits per heavy atom. The predicted octanol–water partition coefficient (Wildman–Crippen LogP) is 4.02. The number of hydrogen-bond donors (Lipinski definition) is 3. The van der Waals surface area contributed by atoms with Crippen molar-refractivity contribution in [2.24, 2.45) is 0 Å². The number of phenolic OH excluding ortho intramolecular Hbond substituents is 1. The van der Waals surface area contributed by atoms with Gasteiger partial charge >= 0.3 is 0 Å². The van der Waals surface area contributed by atoms with Crippen LogP contribution in [0.3, 0.4) is 0 Å². The van der Waals surface area contributed by atoms with Crippen molar-refractivity contribution >= 4 is 22.8 Å². The number of amides is 1. The van der Waals surface area contributed by atoms with E-state index < -0.39 is 0 Å². The lowest BCUT2D eigenvalue weighted by Gasteiger charge is -2.13. The standard InChI is InChI=1S/C22H24N4O2/c1-12(2)24-22-23-11-15-9-18(20(27)10-19(15)26-22)17-8-14(5-4-13(17)3)21(28)25-16-6-7-16/h4-5,8-12,16,27H,6-7H2,1-3H3,(H,25,28)(H,23,24,26). The Hall–Kier alpha value is -3.15. The van der Waals surface area contributed by atoms with Crippen molar-refractivity contribution in [2.45, 2.75) is 45.7 Å². The van der Waals surface area contributed by atoms with Crippen molar-refractivity contribution in [1.29, 1.82) is 0 Å². The van der Waals surface area contributed by atoms with E-state index in [1.54, 1.807) is 12.3 Å². The smallest absolute Gasteiger partial charge is 0.251 e. The number of phenols is 1. The van der Waals surface area contributed by atoms with Crippen molar-refractivity contribution in [3.8, 4) is 16.9 Å². The molecular formula is C22H24N4O2. The third-order valence-electron chi connectivity index (χ3n) is 4.82. The summed E-state index contributed by atoms with van der Waals surface area (Å²) in [5, 5.41) is 17.7. The molecule has 0 unspecified atom stereocenters. The van der Waals surface area contributed by atoms with Gasteiger partial charge in [0.15, 0.2) is 0 Å². The minimum Gasteiger partial charge on any atom is -0.507 e. The lowest BCUT2D eigenvalue weighted by atomic mass is 9.96. The Bertz CT molecular complexity index is 1060. The zero-order valence-corrected chi connectivity index (χ0v) is 16.3. The van der Waals surface area contributed by atoms with Crippen LogP contribution in [0.1, 0.15) is 42.6 Å². The van der Waals surface area contributed by atoms with Crippen molar-refractivity contribution in [3.63, 3.8) is 0 Å². The highest BCUT2D eigenvalue weighted by Gasteiger charge is 2.24. The maximum Gasteiger partial charge on any atom is 0.251 e. The van der Waals surface area contributed by atoms with Gasteiger partial charge in [-0.25, -0.2) is 9.97 Å². The maximum absolute atomic E-state index is 12.4. The molecule has 1 fully saturated rings. The molecule has 0 atom stereocenters. The second-order valence-electron chi connectivity index (χ2n) is 7.70. The summed E-state index contributed by atoms with van der Waals surface area (Å²) in [5.74, 6) is 0.589. The van der Waals surface area contributed by atoms with Gasteiger partial charge in [-0.15, -0.1) is 0 Å². The van der Waals surface area contributed by atoms with E-state index in [1.807, 2.05) is 45.0 Å². The van der Waals surface area contributed by atoms with Crippen molar-refractivity contribution in [1.82, 2.24) is 15.3 Å². The quantitative estimate of drug-likeness (QED) is 0.626. The Morgan fingerprint density at radius 1 is 1.18 bits per heavy atom. The predicted molar refractivity (Wildman–Crippen MR) is 111 cm³/mol.